The molecule has 0 saturated heterocycles. The van der Waals surface area contributed by atoms with E-state index in [1.54, 1.807) is 18.3 Å². The van der Waals surface area contributed by atoms with Crippen LogP contribution in [0.4, 0.5) is 11.4 Å². The van der Waals surface area contributed by atoms with E-state index in [1.165, 1.54) is 0 Å². The van der Waals surface area contributed by atoms with Crippen molar-refractivity contribution in [1.29, 1.82) is 0 Å². The van der Waals surface area contributed by atoms with Crippen LogP contribution in [0, 0.1) is 0 Å². The highest BCUT2D eigenvalue weighted by atomic mass is 16.1. The summed E-state index contributed by atoms with van der Waals surface area (Å²) < 4.78 is 0. The van der Waals surface area contributed by atoms with Crippen molar-refractivity contribution >= 4 is 17.3 Å². The number of nitrogens with one attached hydrogen (secondary N) is 2. The number of amides is 1. The highest BCUT2D eigenvalue weighted by molar-refractivity contribution is 5.96. The number of carbonyl (C=O) groups is 1. The van der Waals surface area contributed by atoms with Gasteiger partial charge in [-0.2, -0.15) is 0 Å². The first-order valence-electron chi connectivity index (χ1n) is 6.52. The minimum atomic E-state index is -0.115. The average molecular weight is 270 g/mol. The van der Waals surface area contributed by atoms with Crippen molar-refractivity contribution in [3.05, 3.63) is 53.9 Å². The van der Waals surface area contributed by atoms with Gasteiger partial charge in [0.1, 0.15) is 0 Å². The first kappa shape index (κ1) is 13.9. The number of aromatic nitrogens is 1. The standard InChI is InChI=1S/C15H18N4O/c1-2-17-15(20)11-6-7-14(13(16)9-11)19-10-12-5-3-4-8-18-12/h3-9,19H,2,10,16H2,1H3,(H,17,20). The lowest BCUT2D eigenvalue weighted by Gasteiger charge is -2.10. The van der Waals surface area contributed by atoms with E-state index in [2.05, 4.69) is 15.6 Å². The SMILES string of the molecule is CCNC(=O)c1ccc(NCc2ccccn2)c(N)c1. The molecule has 1 heterocycles. The molecule has 1 aromatic carbocycles. The largest absolute Gasteiger partial charge is 0.397 e. The van der Waals surface area contributed by atoms with Crippen molar-refractivity contribution in [2.75, 3.05) is 17.6 Å². The van der Waals surface area contributed by atoms with Crippen molar-refractivity contribution in [2.24, 2.45) is 0 Å². The van der Waals surface area contributed by atoms with Crippen LogP contribution in [0.1, 0.15) is 23.0 Å². The molecule has 0 unspecified atom stereocenters. The summed E-state index contributed by atoms with van der Waals surface area (Å²) in [4.78, 5) is 15.9. The number of anilines is 2. The van der Waals surface area contributed by atoms with Gasteiger partial charge in [-0.25, -0.2) is 0 Å². The van der Waals surface area contributed by atoms with Crippen LogP contribution in [-0.2, 0) is 6.54 Å². The predicted octanol–water partition coefficient (Wildman–Crippen LogP) is 2.03. The Hall–Kier alpha value is -2.56. The molecule has 2 rings (SSSR count). The van der Waals surface area contributed by atoms with Crippen molar-refractivity contribution in [1.82, 2.24) is 10.3 Å². The van der Waals surface area contributed by atoms with Gasteiger partial charge in [0.05, 0.1) is 23.6 Å². The van der Waals surface area contributed by atoms with Gasteiger partial charge in [-0.1, -0.05) is 6.07 Å². The number of pyridine rings is 1. The molecule has 1 aromatic heterocycles. The van der Waals surface area contributed by atoms with Crippen LogP contribution >= 0.6 is 0 Å². The number of nitrogen functional groups attached to an aromatic ring is 1. The quantitative estimate of drug-likeness (QED) is 0.726. The molecule has 0 radical (unpaired) electrons. The van der Waals surface area contributed by atoms with Gasteiger partial charge in [-0.15, -0.1) is 0 Å². The lowest BCUT2D eigenvalue weighted by molar-refractivity contribution is 0.0956. The number of nitrogens with zero attached hydrogens (tertiary/aromatic N) is 1. The second-order valence-corrected chi connectivity index (χ2v) is 4.34. The molecule has 0 aliphatic heterocycles. The van der Waals surface area contributed by atoms with Crippen LogP contribution < -0.4 is 16.4 Å². The van der Waals surface area contributed by atoms with Gasteiger partial charge in [-0.3, -0.25) is 9.78 Å². The maximum absolute atomic E-state index is 11.7. The zero-order valence-electron chi connectivity index (χ0n) is 11.4. The van der Waals surface area contributed by atoms with E-state index in [0.717, 1.165) is 11.4 Å². The normalized spacial score (nSPS) is 10.1. The topological polar surface area (TPSA) is 80.0 Å². The molecule has 1 amide bonds. The Labute approximate surface area is 118 Å². The van der Waals surface area contributed by atoms with Crippen molar-refractivity contribution in [2.45, 2.75) is 13.5 Å². The summed E-state index contributed by atoms with van der Waals surface area (Å²) in [7, 11) is 0. The van der Waals surface area contributed by atoms with Gasteiger partial charge < -0.3 is 16.4 Å². The molecule has 0 spiro atoms. The van der Waals surface area contributed by atoms with Crippen molar-refractivity contribution in [3.8, 4) is 0 Å². The van der Waals surface area contributed by atoms with Crippen molar-refractivity contribution < 1.29 is 4.79 Å². The highest BCUT2D eigenvalue weighted by Crippen LogP contribution is 2.20. The van der Waals surface area contributed by atoms with E-state index in [9.17, 15) is 4.79 Å². The van der Waals surface area contributed by atoms with Gasteiger partial charge in [-0.05, 0) is 37.3 Å². The molecule has 104 valence electrons. The number of hydrogen-bond donors (Lipinski definition) is 3. The molecule has 2 aromatic rings. The Bertz CT molecular complexity index is 584. The third kappa shape index (κ3) is 3.47. The molecule has 0 atom stereocenters. The fourth-order valence-corrected chi connectivity index (χ4v) is 1.82. The minimum absolute atomic E-state index is 0.115. The number of carbonyl (C=O) groups excluding carboxylic acids is 1. The number of benzene rings is 1. The molecule has 0 aliphatic carbocycles. The van der Waals surface area contributed by atoms with E-state index in [0.29, 0.717) is 24.3 Å². The van der Waals surface area contributed by atoms with Crippen LogP contribution in [-0.4, -0.2) is 17.4 Å². The summed E-state index contributed by atoms with van der Waals surface area (Å²) in [5, 5.41) is 5.95. The van der Waals surface area contributed by atoms with Crippen LogP contribution in [0.15, 0.2) is 42.6 Å². The van der Waals surface area contributed by atoms with E-state index in [4.69, 9.17) is 5.73 Å². The minimum Gasteiger partial charge on any atom is -0.397 e. The Balaban J connectivity index is 2.04. The third-order valence-electron chi connectivity index (χ3n) is 2.84. The lowest BCUT2D eigenvalue weighted by atomic mass is 10.1. The van der Waals surface area contributed by atoms with Crippen LogP contribution in [0.25, 0.3) is 0 Å². The Morgan fingerprint density at radius 1 is 1.30 bits per heavy atom. The smallest absolute Gasteiger partial charge is 0.251 e. The highest BCUT2D eigenvalue weighted by Gasteiger charge is 2.07. The van der Waals surface area contributed by atoms with E-state index in [1.807, 2.05) is 31.2 Å². The maximum atomic E-state index is 11.7. The second kappa shape index (κ2) is 6.56. The van der Waals surface area contributed by atoms with Crippen LogP contribution in [0.3, 0.4) is 0 Å². The zero-order chi connectivity index (χ0) is 14.4. The molecule has 5 nitrogen and oxygen atoms in total. The molecule has 0 fully saturated rings. The Morgan fingerprint density at radius 3 is 2.80 bits per heavy atom. The molecule has 20 heavy (non-hydrogen) atoms. The molecular formula is C15H18N4O. The average Bonchev–Trinajstić information content (AvgIpc) is 2.47. The summed E-state index contributed by atoms with van der Waals surface area (Å²) in [6, 6.07) is 11.0. The summed E-state index contributed by atoms with van der Waals surface area (Å²) in [6.45, 7) is 3.06. The van der Waals surface area contributed by atoms with Gasteiger partial charge >= 0.3 is 0 Å². The Morgan fingerprint density at radius 2 is 2.15 bits per heavy atom. The first-order chi connectivity index (χ1) is 9.70. The van der Waals surface area contributed by atoms with Crippen molar-refractivity contribution in [3.63, 3.8) is 0 Å². The first-order valence-corrected chi connectivity index (χ1v) is 6.52. The molecule has 5 heteroatoms. The lowest BCUT2D eigenvalue weighted by Crippen LogP contribution is -2.22. The van der Waals surface area contributed by atoms with E-state index in [-0.39, 0.29) is 5.91 Å². The fourth-order valence-electron chi connectivity index (χ4n) is 1.82. The van der Waals surface area contributed by atoms with E-state index < -0.39 is 0 Å². The molecule has 0 bridgehead atoms. The van der Waals surface area contributed by atoms with Crippen LogP contribution in [0.5, 0.6) is 0 Å². The summed E-state index contributed by atoms with van der Waals surface area (Å²) in [5.74, 6) is -0.115. The van der Waals surface area contributed by atoms with E-state index >= 15 is 0 Å². The summed E-state index contributed by atoms with van der Waals surface area (Å²) in [5.41, 5.74) is 8.79. The molecule has 0 aliphatic rings. The second-order valence-electron chi connectivity index (χ2n) is 4.34. The van der Waals surface area contributed by atoms with Gasteiger partial charge in [0, 0.05) is 18.3 Å². The zero-order valence-corrected chi connectivity index (χ0v) is 11.4. The number of hydrogen-bond acceptors (Lipinski definition) is 4. The Kier molecular flexibility index (Phi) is 4.55. The predicted molar refractivity (Wildman–Crippen MR) is 80.4 cm³/mol. The molecule has 0 saturated carbocycles. The third-order valence-corrected chi connectivity index (χ3v) is 2.84. The van der Waals surface area contributed by atoms with Gasteiger partial charge in [0.25, 0.3) is 5.91 Å². The summed E-state index contributed by atoms with van der Waals surface area (Å²) in [6.07, 6.45) is 1.75. The van der Waals surface area contributed by atoms with Gasteiger partial charge in [0.2, 0.25) is 0 Å². The maximum Gasteiger partial charge on any atom is 0.251 e. The molecule has 4 N–H and O–H groups in total. The van der Waals surface area contributed by atoms with Gasteiger partial charge in [0.15, 0.2) is 0 Å². The van der Waals surface area contributed by atoms with Crippen LogP contribution in [0.2, 0.25) is 0 Å². The summed E-state index contributed by atoms with van der Waals surface area (Å²) >= 11 is 0. The number of rotatable bonds is 5. The fraction of sp³-hybridized carbons (Fsp3) is 0.200. The number of nitrogens with two attached hydrogens (primary N) is 1. The monoisotopic (exact) mass is 270 g/mol. The molecular weight excluding hydrogens is 252 g/mol.